The number of aromatic nitrogens is 3. The lowest BCUT2D eigenvalue weighted by Gasteiger charge is -2.08. The molecule has 90 valence electrons. The Morgan fingerprint density at radius 1 is 1.18 bits per heavy atom. The van der Waals surface area contributed by atoms with Crippen LogP contribution in [0, 0.1) is 0 Å². The van der Waals surface area contributed by atoms with E-state index in [0.29, 0.717) is 33.0 Å². The maximum Gasteiger partial charge on any atom is 0.169 e. The Hall–Kier alpha value is -0.970. The molecule has 1 aromatic carbocycles. The smallest absolute Gasteiger partial charge is 0.169 e. The number of nitrogen functional groups attached to an aromatic ring is 1. The van der Waals surface area contributed by atoms with E-state index in [9.17, 15) is 0 Å². The lowest BCUT2D eigenvalue weighted by Crippen LogP contribution is -2.03. The summed E-state index contributed by atoms with van der Waals surface area (Å²) in [5, 5.41) is 9.00. The standard InChI is InChI=1S/C10H9Cl3N4/c1-2-8-10(14)15-16-17(8)9-4-6(12)5(11)3-7(9)13/h3-4H,2,14H2,1H3. The second-order valence-electron chi connectivity index (χ2n) is 3.40. The van der Waals surface area contributed by atoms with Gasteiger partial charge in [0.1, 0.15) is 0 Å². The number of hydrogen-bond acceptors (Lipinski definition) is 3. The van der Waals surface area contributed by atoms with Crippen LogP contribution >= 0.6 is 34.8 Å². The summed E-state index contributed by atoms with van der Waals surface area (Å²) in [4.78, 5) is 0. The molecule has 0 bridgehead atoms. The Morgan fingerprint density at radius 3 is 2.47 bits per heavy atom. The van der Waals surface area contributed by atoms with Gasteiger partial charge in [-0.2, -0.15) is 0 Å². The summed E-state index contributed by atoms with van der Waals surface area (Å²) in [6, 6.07) is 3.21. The fraction of sp³-hybridized carbons (Fsp3) is 0.200. The molecule has 0 unspecified atom stereocenters. The monoisotopic (exact) mass is 290 g/mol. The highest BCUT2D eigenvalue weighted by atomic mass is 35.5. The van der Waals surface area contributed by atoms with Gasteiger partial charge in [0.25, 0.3) is 0 Å². The van der Waals surface area contributed by atoms with Crippen molar-refractivity contribution in [2.24, 2.45) is 0 Å². The van der Waals surface area contributed by atoms with Gasteiger partial charge in [-0.25, -0.2) is 4.68 Å². The predicted octanol–water partition coefficient (Wildman–Crippen LogP) is 3.37. The summed E-state index contributed by atoms with van der Waals surface area (Å²) in [7, 11) is 0. The summed E-state index contributed by atoms with van der Waals surface area (Å²) in [6.07, 6.45) is 0.690. The van der Waals surface area contributed by atoms with Crippen molar-refractivity contribution >= 4 is 40.6 Å². The quantitative estimate of drug-likeness (QED) is 0.863. The van der Waals surface area contributed by atoms with E-state index < -0.39 is 0 Å². The Bertz CT molecular complexity index is 565. The first-order valence-electron chi connectivity index (χ1n) is 4.89. The van der Waals surface area contributed by atoms with Gasteiger partial charge in [-0.3, -0.25) is 0 Å². The Balaban J connectivity index is 2.64. The molecule has 2 aromatic rings. The van der Waals surface area contributed by atoms with E-state index in [1.54, 1.807) is 16.8 Å². The van der Waals surface area contributed by atoms with Gasteiger partial charge < -0.3 is 5.73 Å². The van der Waals surface area contributed by atoms with Crippen LogP contribution in [0.5, 0.6) is 0 Å². The van der Waals surface area contributed by atoms with Gasteiger partial charge in [0, 0.05) is 0 Å². The molecule has 0 saturated carbocycles. The zero-order valence-electron chi connectivity index (χ0n) is 8.91. The molecule has 17 heavy (non-hydrogen) atoms. The molecule has 4 nitrogen and oxygen atoms in total. The van der Waals surface area contributed by atoms with Crippen LogP contribution in [0.25, 0.3) is 5.69 Å². The van der Waals surface area contributed by atoms with Crippen LogP contribution < -0.4 is 5.73 Å². The first-order chi connectivity index (χ1) is 8.04. The highest BCUT2D eigenvalue weighted by Gasteiger charge is 2.14. The van der Waals surface area contributed by atoms with E-state index in [1.165, 1.54) is 0 Å². The number of rotatable bonds is 2. The summed E-state index contributed by atoms with van der Waals surface area (Å²) in [5.41, 5.74) is 7.11. The second-order valence-corrected chi connectivity index (χ2v) is 4.63. The molecule has 2 rings (SSSR count). The van der Waals surface area contributed by atoms with Crippen molar-refractivity contribution in [1.29, 1.82) is 0 Å². The fourth-order valence-electron chi connectivity index (χ4n) is 1.51. The van der Waals surface area contributed by atoms with Gasteiger partial charge in [-0.05, 0) is 18.6 Å². The minimum absolute atomic E-state index is 0.384. The van der Waals surface area contributed by atoms with E-state index >= 15 is 0 Å². The van der Waals surface area contributed by atoms with Crippen LogP contribution in [-0.4, -0.2) is 15.0 Å². The van der Waals surface area contributed by atoms with Crippen molar-refractivity contribution in [2.75, 3.05) is 5.73 Å². The molecular weight excluding hydrogens is 282 g/mol. The average molecular weight is 292 g/mol. The molecule has 0 atom stereocenters. The summed E-state index contributed by atoms with van der Waals surface area (Å²) < 4.78 is 1.57. The Labute approximate surface area is 113 Å². The molecular formula is C10H9Cl3N4. The van der Waals surface area contributed by atoms with Crippen molar-refractivity contribution in [3.8, 4) is 5.69 Å². The van der Waals surface area contributed by atoms with Crippen LogP contribution in [0.3, 0.4) is 0 Å². The van der Waals surface area contributed by atoms with Crippen LogP contribution in [0.4, 0.5) is 5.82 Å². The van der Waals surface area contributed by atoms with Gasteiger partial charge in [0.15, 0.2) is 5.82 Å². The SMILES string of the molecule is CCc1c(N)nnn1-c1cc(Cl)c(Cl)cc1Cl. The number of hydrogen-bond donors (Lipinski definition) is 1. The second kappa shape index (κ2) is 4.72. The highest BCUT2D eigenvalue weighted by molar-refractivity contribution is 6.43. The van der Waals surface area contributed by atoms with Crippen molar-refractivity contribution in [1.82, 2.24) is 15.0 Å². The first-order valence-corrected chi connectivity index (χ1v) is 6.03. The molecule has 0 aliphatic carbocycles. The molecule has 0 aliphatic rings. The normalized spacial score (nSPS) is 10.8. The van der Waals surface area contributed by atoms with Crippen molar-refractivity contribution in [2.45, 2.75) is 13.3 Å². The van der Waals surface area contributed by atoms with E-state index in [-0.39, 0.29) is 0 Å². The highest BCUT2D eigenvalue weighted by Crippen LogP contribution is 2.31. The molecule has 0 spiro atoms. The number of anilines is 1. The maximum atomic E-state index is 6.10. The Kier molecular flexibility index (Phi) is 3.47. The number of halogens is 3. The van der Waals surface area contributed by atoms with Crippen molar-refractivity contribution in [3.63, 3.8) is 0 Å². The summed E-state index contributed by atoms with van der Waals surface area (Å²) in [6.45, 7) is 1.96. The van der Waals surface area contributed by atoms with Gasteiger partial charge in [-0.1, -0.05) is 46.9 Å². The summed E-state index contributed by atoms with van der Waals surface area (Å²) >= 11 is 17.9. The third-order valence-corrected chi connectivity index (χ3v) is 3.37. The fourth-order valence-corrected chi connectivity index (χ4v) is 2.13. The zero-order chi connectivity index (χ0) is 12.6. The van der Waals surface area contributed by atoms with Crippen LogP contribution in [-0.2, 0) is 6.42 Å². The van der Waals surface area contributed by atoms with Crippen LogP contribution in [0.2, 0.25) is 15.1 Å². The topological polar surface area (TPSA) is 56.7 Å². The van der Waals surface area contributed by atoms with Crippen molar-refractivity contribution in [3.05, 3.63) is 32.9 Å². The number of benzene rings is 1. The minimum Gasteiger partial charge on any atom is -0.381 e. The lowest BCUT2D eigenvalue weighted by molar-refractivity contribution is 0.767. The van der Waals surface area contributed by atoms with Gasteiger partial charge in [0.05, 0.1) is 26.4 Å². The van der Waals surface area contributed by atoms with Crippen LogP contribution in [0.1, 0.15) is 12.6 Å². The molecule has 0 aliphatic heterocycles. The predicted molar refractivity (Wildman–Crippen MR) is 70.2 cm³/mol. The largest absolute Gasteiger partial charge is 0.381 e. The molecule has 1 heterocycles. The number of nitrogens with two attached hydrogens (primary N) is 1. The molecule has 0 fully saturated rings. The van der Waals surface area contributed by atoms with E-state index in [4.69, 9.17) is 40.5 Å². The first kappa shape index (κ1) is 12.5. The number of nitrogens with zero attached hydrogens (tertiary/aromatic N) is 3. The van der Waals surface area contributed by atoms with Crippen molar-refractivity contribution < 1.29 is 0 Å². The molecule has 2 N–H and O–H groups in total. The third kappa shape index (κ3) is 2.20. The maximum absolute atomic E-state index is 6.10. The molecule has 0 amide bonds. The molecule has 1 aromatic heterocycles. The Morgan fingerprint density at radius 2 is 1.82 bits per heavy atom. The van der Waals surface area contributed by atoms with E-state index in [0.717, 1.165) is 5.69 Å². The molecule has 7 heteroatoms. The van der Waals surface area contributed by atoms with Gasteiger partial charge >= 0.3 is 0 Å². The lowest BCUT2D eigenvalue weighted by atomic mass is 10.3. The van der Waals surface area contributed by atoms with E-state index in [2.05, 4.69) is 10.3 Å². The molecule has 0 radical (unpaired) electrons. The summed E-state index contributed by atoms with van der Waals surface area (Å²) in [5.74, 6) is 0.384. The van der Waals surface area contributed by atoms with Gasteiger partial charge in [0.2, 0.25) is 0 Å². The average Bonchev–Trinajstić information content (AvgIpc) is 2.64. The minimum atomic E-state index is 0.384. The van der Waals surface area contributed by atoms with Gasteiger partial charge in [-0.15, -0.1) is 5.10 Å². The zero-order valence-corrected chi connectivity index (χ0v) is 11.2. The third-order valence-electron chi connectivity index (χ3n) is 2.35. The van der Waals surface area contributed by atoms with Crippen LogP contribution in [0.15, 0.2) is 12.1 Å². The molecule has 0 saturated heterocycles. The van der Waals surface area contributed by atoms with E-state index in [1.807, 2.05) is 6.92 Å².